The van der Waals surface area contributed by atoms with E-state index in [0.717, 1.165) is 24.0 Å². The lowest BCUT2D eigenvalue weighted by Gasteiger charge is -2.23. The van der Waals surface area contributed by atoms with E-state index in [4.69, 9.17) is 31.4 Å². The molecule has 0 unspecified atom stereocenters. The predicted molar refractivity (Wildman–Crippen MR) is 151 cm³/mol. The quantitative estimate of drug-likeness (QED) is 0.315. The number of hydrogen-bond acceptors (Lipinski definition) is 8. The lowest BCUT2D eigenvalue weighted by atomic mass is 10.2. The van der Waals surface area contributed by atoms with Gasteiger partial charge in [-0.1, -0.05) is 48.0 Å². The molecule has 3 aromatic heterocycles. The lowest BCUT2D eigenvalue weighted by molar-refractivity contribution is -0.121. The van der Waals surface area contributed by atoms with Crippen molar-refractivity contribution in [3.05, 3.63) is 71.5 Å². The molecular formula is C28H26ClN9O3. The SMILES string of the molecule is O=C1NCCN(C(=O)OCc2ccccc2)C[C@H]1Nc1nc2c(Cl)cccc2c2nc(-c3cnn(C4CC4)c3)nn12. The third-order valence-corrected chi connectivity index (χ3v) is 7.51. The summed E-state index contributed by atoms with van der Waals surface area (Å²) in [5.74, 6) is 0.475. The minimum absolute atomic E-state index is 0.0684. The van der Waals surface area contributed by atoms with E-state index in [9.17, 15) is 9.59 Å². The van der Waals surface area contributed by atoms with Crippen molar-refractivity contribution in [2.24, 2.45) is 0 Å². The molecular weight excluding hydrogens is 546 g/mol. The first kappa shape index (κ1) is 25.3. The first-order valence-electron chi connectivity index (χ1n) is 13.4. The number of aromatic nitrogens is 6. The Balaban J connectivity index is 1.20. The summed E-state index contributed by atoms with van der Waals surface area (Å²) >= 11 is 6.54. The van der Waals surface area contributed by atoms with E-state index in [0.29, 0.717) is 46.5 Å². The Bertz CT molecular complexity index is 1770. The molecule has 5 aromatic rings. The van der Waals surface area contributed by atoms with Gasteiger partial charge < -0.3 is 20.3 Å². The van der Waals surface area contributed by atoms with Crippen LogP contribution in [-0.4, -0.2) is 71.9 Å². The van der Waals surface area contributed by atoms with Crippen LogP contribution in [0, 0.1) is 0 Å². The van der Waals surface area contributed by atoms with Gasteiger partial charge in [-0.2, -0.15) is 9.61 Å². The minimum Gasteiger partial charge on any atom is -0.445 e. The molecule has 2 aromatic carbocycles. The first-order valence-corrected chi connectivity index (χ1v) is 13.8. The van der Waals surface area contributed by atoms with Gasteiger partial charge >= 0.3 is 6.09 Å². The maximum absolute atomic E-state index is 13.1. The van der Waals surface area contributed by atoms with Crippen LogP contribution in [0.15, 0.2) is 60.9 Å². The number of halogens is 1. The second kappa shape index (κ2) is 10.4. The molecule has 1 aliphatic carbocycles. The number of ether oxygens (including phenoxy) is 1. The smallest absolute Gasteiger partial charge is 0.410 e. The second-order valence-corrected chi connectivity index (χ2v) is 10.6. The average Bonchev–Trinajstić information content (AvgIpc) is 3.59. The zero-order chi connectivity index (χ0) is 27.9. The van der Waals surface area contributed by atoms with Gasteiger partial charge in [-0.15, -0.1) is 5.10 Å². The molecule has 0 spiro atoms. The van der Waals surface area contributed by atoms with Crippen molar-refractivity contribution >= 4 is 46.1 Å². The van der Waals surface area contributed by atoms with Crippen LogP contribution in [-0.2, 0) is 16.1 Å². The van der Waals surface area contributed by atoms with Crippen LogP contribution in [0.5, 0.6) is 0 Å². The molecule has 2 fully saturated rings. The van der Waals surface area contributed by atoms with Gasteiger partial charge in [-0.05, 0) is 30.5 Å². The summed E-state index contributed by atoms with van der Waals surface area (Å²) in [7, 11) is 0. The number of para-hydroxylation sites is 1. The van der Waals surface area contributed by atoms with E-state index in [-0.39, 0.29) is 25.0 Å². The van der Waals surface area contributed by atoms with Crippen LogP contribution in [0.3, 0.4) is 0 Å². The topological polar surface area (TPSA) is 132 Å². The fraction of sp³-hybridized carbons (Fsp3) is 0.286. The standard InChI is InChI=1S/C28H26ClN9O3/c29-21-8-4-7-20-23(21)33-27(38-25(20)34-24(35-38)18-13-31-37(14-18)19-9-10-19)32-22-15-36(12-11-30-26(22)39)28(40)41-16-17-5-2-1-3-6-17/h1-8,13-14,19,22H,9-12,15-16H2,(H,30,39)(H,32,33)/t22-/m1/s1. The fourth-order valence-electron chi connectivity index (χ4n) is 4.88. The highest BCUT2D eigenvalue weighted by Gasteiger charge is 2.30. The largest absolute Gasteiger partial charge is 0.445 e. The second-order valence-electron chi connectivity index (χ2n) is 10.2. The third-order valence-electron chi connectivity index (χ3n) is 7.20. The molecule has 2 N–H and O–H groups in total. The number of carbonyl (C=O) groups is 2. The summed E-state index contributed by atoms with van der Waals surface area (Å²) in [6.07, 6.45) is 5.41. The predicted octanol–water partition coefficient (Wildman–Crippen LogP) is 3.68. The monoisotopic (exact) mass is 571 g/mol. The molecule has 7 rings (SSSR count). The van der Waals surface area contributed by atoms with Gasteiger partial charge in [-0.25, -0.2) is 14.8 Å². The summed E-state index contributed by atoms with van der Waals surface area (Å²) in [4.78, 5) is 37.1. The van der Waals surface area contributed by atoms with Crippen LogP contribution in [0.25, 0.3) is 27.9 Å². The highest BCUT2D eigenvalue weighted by Crippen LogP contribution is 2.35. The van der Waals surface area contributed by atoms with E-state index in [1.165, 1.54) is 4.90 Å². The molecule has 2 aliphatic rings. The Kier molecular flexibility index (Phi) is 6.38. The van der Waals surface area contributed by atoms with Crippen LogP contribution in [0.1, 0.15) is 24.4 Å². The lowest BCUT2D eigenvalue weighted by Crippen LogP contribution is -2.44. The van der Waals surface area contributed by atoms with Crippen LogP contribution >= 0.6 is 11.6 Å². The van der Waals surface area contributed by atoms with Gasteiger partial charge in [0.25, 0.3) is 0 Å². The molecule has 0 radical (unpaired) electrons. The van der Waals surface area contributed by atoms with Gasteiger partial charge in [0.15, 0.2) is 11.5 Å². The van der Waals surface area contributed by atoms with Crippen LogP contribution < -0.4 is 10.6 Å². The number of carbonyl (C=O) groups excluding carboxylic acids is 2. The van der Waals surface area contributed by atoms with Gasteiger partial charge in [0, 0.05) is 24.7 Å². The number of amides is 2. The maximum atomic E-state index is 13.1. The number of benzene rings is 2. The summed E-state index contributed by atoms with van der Waals surface area (Å²) in [5.41, 5.74) is 2.71. The number of nitrogens with one attached hydrogen (secondary N) is 2. The highest BCUT2D eigenvalue weighted by molar-refractivity contribution is 6.35. The number of rotatable bonds is 6. The number of hydrogen-bond donors (Lipinski definition) is 2. The molecule has 1 saturated carbocycles. The van der Waals surface area contributed by atoms with Gasteiger partial charge in [0.2, 0.25) is 11.9 Å². The highest BCUT2D eigenvalue weighted by atomic mass is 35.5. The Hall–Kier alpha value is -4.71. The molecule has 0 bridgehead atoms. The summed E-state index contributed by atoms with van der Waals surface area (Å²) in [5, 5.41) is 16.4. The third kappa shape index (κ3) is 5.02. The van der Waals surface area contributed by atoms with Crippen LogP contribution in [0.2, 0.25) is 5.02 Å². The zero-order valence-electron chi connectivity index (χ0n) is 21.9. The van der Waals surface area contributed by atoms with Crippen molar-refractivity contribution < 1.29 is 14.3 Å². The van der Waals surface area contributed by atoms with Crippen molar-refractivity contribution in [1.82, 2.24) is 39.6 Å². The normalized spacial score (nSPS) is 17.4. The summed E-state index contributed by atoms with van der Waals surface area (Å²) in [6, 6.07) is 14.5. The molecule has 1 atom stereocenters. The summed E-state index contributed by atoms with van der Waals surface area (Å²) in [6.45, 7) is 0.809. The first-order chi connectivity index (χ1) is 20.0. The Morgan fingerprint density at radius 1 is 1.12 bits per heavy atom. The van der Waals surface area contributed by atoms with E-state index in [1.807, 2.05) is 53.3 Å². The minimum atomic E-state index is -0.831. The Morgan fingerprint density at radius 2 is 1.98 bits per heavy atom. The Morgan fingerprint density at radius 3 is 2.80 bits per heavy atom. The van der Waals surface area contributed by atoms with Crippen molar-refractivity contribution in [3.63, 3.8) is 0 Å². The van der Waals surface area contributed by atoms with Crippen LogP contribution in [0.4, 0.5) is 10.7 Å². The molecule has 2 amide bonds. The molecule has 1 aliphatic heterocycles. The molecule has 4 heterocycles. The average molecular weight is 572 g/mol. The number of nitrogens with zero attached hydrogens (tertiary/aromatic N) is 7. The fourth-order valence-corrected chi connectivity index (χ4v) is 5.10. The van der Waals surface area contributed by atoms with E-state index in [1.54, 1.807) is 16.8 Å². The maximum Gasteiger partial charge on any atom is 0.410 e. The molecule has 41 heavy (non-hydrogen) atoms. The number of anilines is 1. The van der Waals surface area contributed by atoms with Crippen molar-refractivity contribution in [2.45, 2.75) is 31.5 Å². The van der Waals surface area contributed by atoms with E-state index < -0.39 is 12.1 Å². The molecule has 1 saturated heterocycles. The van der Waals surface area contributed by atoms with Gasteiger partial charge in [0.05, 0.1) is 34.9 Å². The van der Waals surface area contributed by atoms with E-state index >= 15 is 0 Å². The van der Waals surface area contributed by atoms with Crippen molar-refractivity contribution in [2.75, 3.05) is 25.0 Å². The van der Waals surface area contributed by atoms with Gasteiger partial charge in [-0.3, -0.25) is 9.48 Å². The summed E-state index contributed by atoms with van der Waals surface area (Å²) < 4.78 is 9.03. The Labute approximate surface area is 239 Å². The molecule has 208 valence electrons. The molecule has 13 heteroatoms. The van der Waals surface area contributed by atoms with E-state index in [2.05, 4.69) is 15.7 Å². The van der Waals surface area contributed by atoms with Crippen molar-refractivity contribution in [3.8, 4) is 11.4 Å². The van der Waals surface area contributed by atoms with Gasteiger partial charge in [0.1, 0.15) is 12.6 Å². The van der Waals surface area contributed by atoms with Crippen molar-refractivity contribution in [1.29, 1.82) is 0 Å². The molecule has 12 nitrogen and oxygen atoms in total. The zero-order valence-corrected chi connectivity index (χ0v) is 22.7. The number of fused-ring (bicyclic) bond motifs is 3.